The fraction of sp³-hybridized carbons (Fsp3) is 0.211. The molecule has 0 aliphatic heterocycles. The van der Waals surface area contributed by atoms with Crippen LogP contribution in [0.25, 0.3) is 10.9 Å². The first-order valence-corrected chi connectivity index (χ1v) is 7.82. The average Bonchev–Trinajstić information content (AvgIpc) is 3.01. The Bertz CT molecular complexity index is 841. The lowest BCUT2D eigenvalue weighted by atomic mass is 10.0. The van der Waals surface area contributed by atoms with Crippen molar-refractivity contribution in [3.63, 3.8) is 0 Å². The molecule has 0 radical (unpaired) electrons. The molecule has 0 saturated heterocycles. The summed E-state index contributed by atoms with van der Waals surface area (Å²) in [6, 6.07) is 14.8. The van der Waals surface area contributed by atoms with Gasteiger partial charge in [-0.1, -0.05) is 36.4 Å². The fourth-order valence-corrected chi connectivity index (χ4v) is 2.85. The quantitative estimate of drug-likeness (QED) is 0.625. The second-order valence-electron chi connectivity index (χ2n) is 5.65. The van der Waals surface area contributed by atoms with Crippen molar-refractivity contribution in [3.05, 3.63) is 65.9 Å². The van der Waals surface area contributed by atoms with E-state index in [9.17, 15) is 9.90 Å². The second kappa shape index (κ2) is 7.19. The Hall–Kier alpha value is -2.79. The average molecular weight is 324 g/mol. The van der Waals surface area contributed by atoms with Crippen LogP contribution in [0.5, 0.6) is 5.75 Å². The van der Waals surface area contributed by atoms with Gasteiger partial charge in [-0.05, 0) is 17.7 Å². The number of benzene rings is 2. The summed E-state index contributed by atoms with van der Waals surface area (Å²) in [6.07, 6.45) is 2.29. The van der Waals surface area contributed by atoms with E-state index in [1.807, 2.05) is 54.7 Å². The number of carboxylic acids is 1. The lowest BCUT2D eigenvalue weighted by molar-refractivity contribution is -0.139. The number of aliphatic carboxylic acids is 1. The Labute approximate surface area is 140 Å². The molecular weight excluding hydrogens is 304 g/mol. The highest BCUT2D eigenvalue weighted by Crippen LogP contribution is 2.20. The molecule has 5 heteroatoms. The van der Waals surface area contributed by atoms with Gasteiger partial charge in [0.1, 0.15) is 11.8 Å². The molecule has 124 valence electrons. The van der Waals surface area contributed by atoms with Crippen LogP contribution in [-0.2, 0) is 17.8 Å². The minimum Gasteiger partial charge on any atom is -0.496 e. The lowest BCUT2D eigenvalue weighted by Crippen LogP contribution is -2.38. The third-order valence-corrected chi connectivity index (χ3v) is 4.13. The van der Waals surface area contributed by atoms with Crippen LogP contribution in [-0.4, -0.2) is 29.2 Å². The molecule has 0 unspecified atom stereocenters. The number of carbonyl (C=O) groups is 1. The molecule has 24 heavy (non-hydrogen) atoms. The van der Waals surface area contributed by atoms with Gasteiger partial charge >= 0.3 is 5.97 Å². The van der Waals surface area contributed by atoms with Gasteiger partial charge < -0.3 is 14.8 Å². The first-order chi connectivity index (χ1) is 11.7. The highest BCUT2D eigenvalue weighted by molar-refractivity contribution is 5.84. The number of hydrogen-bond acceptors (Lipinski definition) is 3. The van der Waals surface area contributed by atoms with Crippen molar-refractivity contribution >= 4 is 16.9 Å². The van der Waals surface area contributed by atoms with Crippen molar-refractivity contribution in [1.29, 1.82) is 0 Å². The molecule has 5 nitrogen and oxygen atoms in total. The summed E-state index contributed by atoms with van der Waals surface area (Å²) in [5, 5.41) is 13.7. The molecular formula is C19H20N2O3. The number of hydrogen-bond donors (Lipinski definition) is 3. The first-order valence-electron chi connectivity index (χ1n) is 7.82. The topological polar surface area (TPSA) is 74.3 Å². The van der Waals surface area contributed by atoms with E-state index < -0.39 is 12.0 Å². The maximum Gasteiger partial charge on any atom is 0.321 e. The Morgan fingerprint density at radius 3 is 2.71 bits per heavy atom. The molecule has 0 fully saturated rings. The molecule has 0 spiro atoms. The van der Waals surface area contributed by atoms with Gasteiger partial charge in [0.25, 0.3) is 0 Å². The molecule has 3 N–H and O–H groups in total. The van der Waals surface area contributed by atoms with Crippen LogP contribution < -0.4 is 10.1 Å². The summed E-state index contributed by atoms with van der Waals surface area (Å²) in [6.45, 7) is 0.434. The van der Waals surface area contributed by atoms with Crippen molar-refractivity contribution in [1.82, 2.24) is 10.3 Å². The minimum absolute atomic E-state index is 0.411. The molecule has 0 aliphatic rings. The van der Waals surface area contributed by atoms with Gasteiger partial charge in [0.15, 0.2) is 0 Å². The zero-order valence-electron chi connectivity index (χ0n) is 13.5. The van der Waals surface area contributed by atoms with Crippen molar-refractivity contribution in [3.8, 4) is 5.75 Å². The number of aromatic nitrogens is 1. The zero-order valence-corrected chi connectivity index (χ0v) is 13.5. The molecule has 3 rings (SSSR count). The largest absolute Gasteiger partial charge is 0.496 e. The van der Waals surface area contributed by atoms with Gasteiger partial charge in [-0.3, -0.25) is 10.1 Å². The van der Waals surface area contributed by atoms with E-state index in [4.69, 9.17) is 4.74 Å². The Kier molecular flexibility index (Phi) is 4.82. The molecule has 3 aromatic rings. The Morgan fingerprint density at radius 1 is 1.17 bits per heavy atom. The van der Waals surface area contributed by atoms with Gasteiger partial charge in [-0.2, -0.15) is 0 Å². The second-order valence-corrected chi connectivity index (χ2v) is 5.65. The number of methoxy groups -OCH3 is 1. The lowest BCUT2D eigenvalue weighted by Gasteiger charge is -2.15. The van der Waals surface area contributed by atoms with E-state index in [-0.39, 0.29) is 0 Å². The number of para-hydroxylation sites is 2. The molecule has 0 aliphatic carbocycles. The number of fused-ring (bicyclic) bond motifs is 1. The smallest absolute Gasteiger partial charge is 0.321 e. The monoisotopic (exact) mass is 324 g/mol. The zero-order chi connectivity index (χ0) is 16.9. The van der Waals surface area contributed by atoms with Crippen LogP contribution in [0.3, 0.4) is 0 Å². The number of carboxylic acid groups (broad SMARTS) is 1. The van der Waals surface area contributed by atoms with Crippen LogP contribution in [0.2, 0.25) is 0 Å². The van der Waals surface area contributed by atoms with Gasteiger partial charge in [-0.15, -0.1) is 0 Å². The summed E-state index contributed by atoms with van der Waals surface area (Å²) < 4.78 is 5.31. The van der Waals surface area contributed by atoms with Gasteiger partial charge in [0, 0.05) is 35.6 Å². The number of rotatable bonds is 7. The van der Waals surface area contributed by atoms with Crippen LogP contribution in [0.15, 0.2) is 54.7 Å². The van der Waals surface area contributed by atoms with Crippen molar-refractivity contribution < 1.29 is 14.6 Å². The Balaban J connectivity index is 1.74. The maximum atomic E-state index is 11.6. The highest BCUT2D eigenvalue weighted by Gasteiger charge is 2.19. The molecule has 0 saturated carbocycles. The van der Waals surface area contributed by atoms with Gasteiger partial charge in [0.2, 0.25) is 0 Å². The number of H-pyrrole nitrogens is 1. The minimum atomic E-state index is -0.866. The number of aromatic amines is 1. The van der Waals surface area contributed by atoms with Gasteiger partial charge in [-0.25, -0.2) is 0 Å². The number of ether oxygens (including phenoxy) is 1. The van der Waals surface area contributed by atoms with Crippen molar-refractivity contribution in [2.45, 2.75) is 19.0 Å². The summed E-state index contributed by atoms with van der Waals surface area (Å²) in [4.78, 5) is 14.8. The first kappa shape index (κ1) is 16.1. The van der Waals surface area contributed by atoms with E-state index in [0.717, 1.165) is 27.8 Å². The van der Waals surface area contributed by atoms with Crippen molar-refractivity contribution in [2.24, 2.45) is 0 Å². The summed E-state index contributed by atoms with van der Waals surface area (Å²) >= 11 is 0. The normalized spacial score (nSPS) is 12.2. The fourth-order valence-electron chi connectivity index (χ4n) is 2.85. The van der Waals surface area contributed by atoms with Crippen LogP contribution in [0.4, 0.5) is 0 Å². The molecule has 0 bridgehead atoms. The van der Waals surface area contributed by atoms with Crippen molar-refractivity contribution in [2.75, 3.05) is 7.11 Å². The van der Waals surface area contributed by atoms with Gasteiger partial charge in [0.05, 0.1) is 7.11 Å². The molecule has 1 aromatic heterocycles. The third kappa shape index (κ3) is 3.41. The summed E-state index contributed by atoms with van der Waals surface area (Å²) in [7, 11) is 1.61. The SMILES string of the molecule is COc1ccccc1CN[C@@H](Cc1c[nH]c2ccccc12)C(=O)O. The van der Waals surface area contributed by atoms with E-state index in [1.165, 1.54) is 0 Å². The summed E-state index contributed by atoms with van der Waals surface area (Å²) in [5.41, 5.74) is 2.94. The predicted octanol–water partition coefficient (Wildman–Crippen LogP) is 2.96. The van der Waals surface area contributed by atoms with Crippen LogP contribution in [0, 0.1) is 0 Å². The molecule has 2 aromatic carbocycles. The van der Waals surface area contributed by atoms with E-state index in [1.54, 1.807) is 7.11 Å². The standard InChI is InChI=1S/C19H20N2O3/c1-24-18-9-5-2-6-13(18)11-21-17(19(22)23)10-14-12-20-16-8-4-3-7-15(14)16/h2-9,12,17,20-21H,10-11H2,1H3,(H,22,23)/t17-/m0/s1. The van der Waals surface area contributed by atoms with Crippen LogP contribution in [0.1, 0.15) is 11.1 Å². The van der Waals surface area contributed by atoms with E-state index in [2.05, 4.69) is 10.3 Å². The highest BCUT2D eigenvalue weighted by atomic mass is 16.5. The van der Waals surface area contributed by atoms with E-state index >= 15 is 0 Å². The van der Waals surface area contributed by atoms with Crippen LogP contribution >= 0.6 is 0 Å². The predicted molar refractivity (Wildman–Crippen MR) is 93.3 cm³/mol. The van der Waals surface area contributed by atoms with E-state index in [0.29, 0.717) is 13.0 Å². The molecule has 1 atom stereocenters. The molecule has 0 amide bonds. The third-order valence-electron chi connectivity index (χ3n) is 4.13. The molecule has 1 heterocycles. The maximum absolute atomic E-state index is 11.6. The number of nitrogens with one attached hydrogen (secondary N) is 2. The summed E-state index contributed by atoms with van der Waals surface area (Å²) in [5.74, 6) is -0.114. The Morgan fingerprint density at radius 2 is 1.92 bits per heavy atom.